The number of aliphatic imine (C=N–C) groups is 2. The van der Waals surface area contributed by atoms with Crippen LogP contribution in [0.3, 0.4) is 0 Å². The van der Waals surface area contributed by atoms with Gasteiger partial charge in [-0.1, -0.05) is 0 Å². The summed E-state index contributed by atoms with van der Waals surface area (Å²) >= 11 is 0. The molecule has 8 nitrogen and oxygen atoms in total. The maximum Gasteiger partial charge on any atom is 0.172 e. The van der Waals surface area contributed by atoms with Crippen molar-refractivity contribution in [1.29, 1.82) is 0 Å². The second-order valence-electron chi connectivity index (χ2n) is 4.26. The number of nitrogens with two attached hydrogens (primary N) is 1. The lowest BCUT2D eigenvalue weighted by atomic mass is 10.2. The highest BCUT2D eigenvalue weighted by molar-refractivity contribution is 5.56. The summed E-state index contributed by atoms with van der Waals surface area (Å²) in [6, 6.07) is 2.47. The van der Waals surface area contributed by atoms with Crippen molar-refractivity contribution >= 4 is 11.8 Å². The zero-order chi connectivity index (χ0) is 12.7. The minimum atomic E-state index is -0.701. The van der Waals surface area contributed by atoms with Crippen LogP contribution in [-0.2, 0) is 4.74 Å². The maximum atomic E-state index is 9.71. The average molecular weight is 251 g/mol. The van der Waals surface area contributed by atoms with Crippen molar-refractivity contribution in [3.63, 3.8) is 0 Å². The van der Waals surface area contributed by atoms with Crippen LogP contribution in [-0.4, -0.2) is 44.6 Å². The highest BCUT2D eigenvalue weighted by Gasteiger charge is 2.36. The van der Waals surface area contributed by atoms with Crippen molar-refractivity contribution in [3.8, 4) is 0 Å². The molecule has 0 aromatic carbocycles. The lowest BCUT2D eigenvalue weighted by Gasteiger charge is -2.15. The van der Waals surface area contributed by atoms with Gasteiger partial charge in [-0.25, -0.2) is 4.98 Å². The van der Waals surface area contributed by atoms with Crippen molar-refractivity contribution in [1.82, 2.24) is 9.55 Å². The normalized spacial score (nSPS) is 33.9. The number of imidazole rings is 1. The smallest absolute Gasteiger partial charge is 0.172 e. The van der Waals surface area contributed by atoms with E-state index < -0.39 is 24.6 Å². The molecule has 0 radical (unpaired) electrons. The molecule has 2 unspecified atom stereocenters. The predicted octanol–water partition coefficient (Wildman–Crippen LogP) is -0.700. The third-order valence-electron chi connectivity index (χ3n) is 3.12. The van der Waals surface area contributed by atoms with E-state index in [1.54, 1.807) is 10.9 Å². The quantitative estimate of drug-likeness (QED) is 0.642. The third-order valence-corrected chi connectivity index (χ3v) is 3.12. The molecule has 0 bridgehead atoms. The number of aliphatic hydroxyl groups is 2. The van der Waals surface area contributed by atoms with Crippen LogP contribution in [0.25, 0.3) is 0 Å². The highest BCUT2D eigenvalue weighted by Crippen LogP contribution is 2.35. The number of aliphatic hydroxyl groups excluding tert-OH is 2. The fourth-order valence-electron chi connectivity index (χ4n) is 2.15. The van der Waals surface area contributed by atoms with Gasteiger partial charge in [0, 0.05) is 6.42 Å². The first kappa shape index (κ1) is 11.5. The molecule has 4 atom stereocenters. The molecule has 3 rings (SSSR count). The summed E-state index contributed by atoms with van der Waals surface area (Å²) in [4.78, 5) is 12.0. The van der Waals surface area contributed by atoms with Gasteiger partial charge in [-0.2, -0.15) is 9.98 Å². The molecular weight excluding hydrogens is 238 g/mol. The van der Waals surface area contributed by atoms with Crippen molar-refractivity contribution < 1.29 is 14.9 Å². The van der Waals surface area contributed by atoms with Crippen molar-refractivity contribution in [3.05, 3.63) is 12.0 Å². The van der Waals surface area contributed by atoms with E-state index in [9.17, 15) is 5.11 Å². The summed E-state index contributed by atoms with van der Waals surface area (Å²) in [6.07, 6.45) is -0.345. The number of rotatable bonds is 2. The van der Waals surface area contributed by atoms with Gasteiger partial charge >= 0.3 is 0 Å². The summed E-state index contributed by atoms with van der Waals surface area (Å²) in [7, 11) is 0. The maximum absolute atomic E-state index is 9.71. The number of fused-ring (bicyclic) bond motifs is 1. The molecule has 0 amide bonds. The van der Waals surface area contributed by atoms with Gasteiger partial charge in [0.15, 0.2) is 12.0 Å². The molecule has 8 heteroatoms. The predicted molar refractivity (Wildman–Crippen MR) is 60.3 cm³/mol. The summed E-state index contributed by atoms with van der Waals surface area (Å²) in [5.41, 5.74) is 6.30. The first-order valence-corrected chi connectivity index (χ1v) is 5.63. The van der Waals surface area contributed by atoms with Crippen LogP contribution in [0.4, 0.5) is 5.82 Å². The Hall–Kier alpha value is -1.57. The van der Waals surface area contributed by atoms with Crippen molar-refractivity contribution in [2.24, 2.45) is 15.7 Å². The Morgan fingerprint density at radius 1 is 1.61 bits per heavy atom. The molecule has 18 heavy (non-hydrogen) atoms. The van der Waals surface area contributed by atoms with Gasteiger partial charge in [0.1, 0.15) is 18.0 Å². The van der Waals surface area contributed by atoms with Gasteiger partial charge in [-0.05, 0) is 0 Å². The van der Waals surface area contributed by atoms with Gasteiger partial charge in [-0.15, -0.1) is 0 Å². The Morgan fingerprint density at radius 3 is 3.17 bits per heavy atom. The lowest BCUT2D eigenvalue weighted by Crippen LogP contribution is -2.24. The van der Waals surface area contributed by atoms with Crippen molar-refractivity contribution in [2.45, 2.75) is 31.0 Å². The molecule has 1 fully saturated rings. The fraction of sp³-hybridized carbons (Fsp3) is 0.600. The van der Waals surface area contributed by atoms with Gasteiger partial charge in [0.2, 0.25) is 0 Å². The Bertz CT molecular complexity index is 522. The average Bonchev–Trinajstić information content (AvgIpc) is 2.93. The Balaban J connectivity index is 1.92. The van der Waals surface area contributed by atoms with Crippen LogP contribution in [0.15, 0.2) is 16.3 Å². The summed E-state index contributed by atoms with van der Waals surface area (Å²) in [5.74, 6) is 0.535. The minimum absolute atomic E-state index is 0.223. The van der Waals surface area contributed by atoms with Gasteiger partial charge in [0.25, 0.3) is 0 Å². The van der Waals surface area contributed by atoms with E-state index in [0.717, 1.165) is 0 Å². The first-order valence-electron chi connectivity index (χ1n) is 5.63. The molecule has 0 aliphatic carbocycles. The second kappa shape index (κ2) is 4.27. The molecule has 0 saturated carbocycles. The summed E-state index contributed by atoms with van der Waals surface area (Å²) in [6.45, 7) is -0.223. The summed E-state index contributed by atoms with van der Waals surface area (Å²) in [5, 5.41) is 18.8. The summed E-state index contributed by atoms with van der Waals surface area (Å²) < 4.78 is 7.21. The minimum Gasteiger partial charge on any atom is -0.394 e. The van der Waals surface area contributed by atoms with Crippen LogP contribution in [0.1, 0.15) is 24.5 Å². The van der Waals surface area contributed by atoms with Crippen LogP contribution in [0.2, 0.25) is 0 Å². The molecule has 0 spiro atoms. The zero-order valence-electron chi connectivity index (χ0n) is 9.47. The van der Waals surface area contributed by atoms with Crippen LogP contribution < -0.4 is 5.73 Å². The molecule has 1 aromatic rings. The van der Waals surface area contributed by atoms with Crippen molar-refractivity contribution in [2.75, 3.05) is 6.61 Å². The van der Waals surface area contributed by atoms with Gasteiger partial charge < -0.3 is 20.7 Å². The van der Waals surface area contributed by atoms with Gasteiger partial charge in [0.05, 0.1) is 25.0 Å². The highest BCUT2D eigenvalue weighted by atomic mass is 16.5. The second-order valence-corrected chi connectivity index (χ2v) is 4.26. The SMILES string of the molecule is NC1N=C=Nc2c1ncn2[C@H]1CC(O)[C@@H](CO)O1. The molecule has 3 heterocycles. The van der Waals surface area contributed by atoms with Crippen LogP contribution >= 0.6 is 0 Å². The zero-order valence-corrected chi connectivity index (χ0v) is 9.47. The molecule has 2 aliphatic rings. The number of ether oxygens (including phenoxy) is 1. The lowest BCUT2D eigenvalue weighted by molar-refractivity contribution is -0.0438. The monoisotopic (exact) mass is 251 g/mol. The molecule has 4 N–H and O–H groups in total. The van der Waals surface area contributed by atoms with Crippen LogP contribution in [0.5, 0.6) is 0 Å². The van der Waals surface area contributed by atoms with E-state index in [-0.39, 0.29) is 6.61 Å². The molecule has 2 aliphatic heterocycles. The van der Waals surface area contributed by atoms with E-state index in [2.05, 4.69) is 21.0 Å². The molecule has 1 saturated heterocycles. The van der Waals surface area contributed by atoms with E-state index in [0.29, 0.717) is 17.9 Å². The Morgan fingerprint density at radius 2 is 2.44 bits per heavy atom. The largest absolute Gasteiger partial charge is 0.394 e. The Labute approximate surface area is 102 Å². The van der Waals surface area contributed by atoms with E-state index in [1.807, 2.05) is 0 Å². The van der Waals surface area contributed by atoms with Crippen LogP contribution in [0, 0.1) is 0 Å². The molecule has 96 valence electrons. The topological polar surface area (TPSA) is 118 Å². The van der Waals surface area contributed by atoms with E-state index >= 15 is 0 Å². The fourth-order valence-corrected chi connectivity index (χ4v) is 2.15. The van der Waals surface area contributed by atoms with E-state index in [1.165, 1.54) is 0 Å². The van der Waals surface area contributed by atoms with Gasteiger partial charge in [-0.3, -0.25) is 4.57 Å². The molecular formula is C10H13N5O3. The number of aromatic nitrogens is 2. The standard InChI is InChI=1S/C10H13N5O3/c11-9-8-10(13-3-12-9)15(4-14-8)7-1-5(17)6(2-16)18-7/h4-7,9,16-17H,1-2,11H2/t5?,6-,7-,9?/m1/s1. The third kappa shape index (κ3) is 1.67. The number of nitrogens with zero attached hydrogens (tertiary/aromatic N) is 4. The van der Waals surface area contributed by atoms with E-state index in [4.69, 9.17) is 15.6 Å². The first-order chi connectivity index (χ1) is 8.70. The Kier molecular flexibility index (Phi) is 2.73. The number of hydrogen-bond donors (Lipinski definition) is 3. The number of hydrogen-bond acceptors (Lipinski definition) is 7. The molecule has 1 aromatic heterocycles.